The second kappa shape index (κ2) is 6.25. The largest absolute Gasteiger partial charge is 0.298 e. The number of halogens is 2. The predicted molar refractivity (Wildman–Crippen MR) is 88.7 cm³/mol. The van der Waals surface area contributed by atoms with Crippen LogP contribution in [0.5, 0.6) is 0 Å². The summed E-state index contributed by atoms with van der Waals surface area (Å²) >= 11 is 7.02. The summed E-state index contributed by atoms with van der Waals surface area (Å²) in [6.07, 6.45) is 3.06. The van der Waals surface area contributed by atoms with Crippen LogP contribution in [0.25, 0.3) is 16.3 Å². The van der Waals surface area contributed by atoms with Crippen molar-refractivity contribution in [3.05, 3.63) is 64.9 Å². The Hall–Kier alpha value is -2.24. The highest BCUT2D eigenvalue weighted by Crippen LogP contribution is 2.27. The minimum absolute atomic E-state index is 0.268. The van der Waals surface area contributed by atoms with Crippen molar-refractivity contribution in [1.29, 1.82) is 0 Å². The molecule has 0 spiro atoms. The topological polar surface area (TPSA) is 42.0 Å². The van der Waals surface area contributed by atoms with Gasteiger partial charge in [0.15, 0.2) is 5.13 Å². The summed E-state index contributed by atoms with van der Waals surface area (Å²) in [5.41, 5.74) is 1.12. The molecule has 0 atom stereocenters. The molecule has 3 rings (SSSR count). The fraction of sp³-hybridized carbons (Fsp3) is 0. The fourth-order valence-corrected chi connectivity index (χ4v) is 2.87. The highest BCUT2D eigenvalue weighted by atomic mass is 35.5. The van der Waals surface area contributed by atoms with E-state index in [1.165, 1.54) is 23.5 Å². The second-order valence-electron chi connectivity index (χ2n) is 4.48. The number of fused-ring (bicyclic) bond motifs is 1. The van der Waals surface area contributed by atoms with Gasteiger partial charge in [0, 0.05) is 11.1 Å². The first-order valence-electron chi connectivity index (χ1n) is 6.41. The van der Waals surface area contributed by atoms with Crippen LogP contribution in [0.4, 0.5) is 9.52 Å². The molecule has 0 radical (unpaired) electrons. The van der Waals surface area contributed by atoms with E-state index in [9.17, 15) is 9.18 Å². The normalized spacial score (nSPS) is 11.2. The lowest BCUT2D eigenvalue weighted by Crippen LogP contribution is -2.07. The summed E-state index contributed by atoms with van der Waals surface area (Å²) in [6, 6.07) is 11.8. The molecule has 1 heterocycles. The molecular formula is C16H10ClFN2OS. The van der Waals surface area contributed by atoms with Crippen LogP contribution in [0, 0.1) is 5.82 Å². The number of hydrogen-bond donors (Lipinski definition) is 1. The van der Waals surface area contributed by atoms with Gasteiger partial charge in [-0.1, -0.05) is 41.1 Å². The molecule has 1 aromatic heterocycles. The van der Waals surface area contributed by atoms with Crippen LogP contribution in [-0.2, 0) is 4.79 Å². The average molecular weight is 333 g/mol. The number of para-hydroxylation sites is 1. The molecule has 0 bridgehead atoms. The summed E-state index contributed by atoms with van der Waals surface area (Å²) in [6.45, 7) is 0. The molecular weight excluding hydrogens is 323 g/mol. The number of carbonyl (C=O) groups excluding carboxylic acids is 1. The molecule has 110 valence electrons. The molecule has 6 heteroatoms. The number of amides is 1. The third kappa shape index (κ3) is 3.32. The van der Waals surface area contributed by atoms with Gasteiger partial charge in [-0.2, -0.15) is 0 Å². The van der Waals surface area contributed by atoms with Gasteiger partial charge in [-0.05, 0) is 35.9 Å². The number of rotatable bonds is 3. The van der Waals surface area contributed by atoms with Gasteiger partial charge in [-0.25, -0.2) is 9.37 Å². The van der Waals surface area contributed by atoms with Crippen LogP contribution < -0.4 is 5.32 Å². The maximum absolute atomic E-state index is 13.5. The van der Waals surface area contributed by atoms with Crippen molar-refractivity contribution in [2.45, 2.75) is 0 Å². The smallest absolute Gasteiger partial charge is 0.250 e. The average Bonchev–Trinajstić information content (AvgIpc) is 2.90. The summed E-state index contributed by atoms with van der Waals surface area (Å²) < 4.78 is 14.2. The third-order valence-corrected chi connectivity index (χ3v) is 4.09. The van der Waals surface area contributed by atoms with E-state index in [1.54, 1.807) is 42.5 Å². The van der Waals surface area contributed by atoms with Gasteiger partial charge in [0.1, 0.15) is 11.3 Å². The Morgan fingerprint density at radius 3 is 2.73 bits per heavy atom. The summed E-state index contributed by atoms with van der Waals surface area (Å²) in [5.74, 6) is -0.722. The van der Waals surface area contributed by atoms with E-state index in [0.29, 0.717) is 14.9 Å². The Kier molecular flexibility index (Phi) is 4.18. The number of benzene rings is 2. The first-order chi connectivity index (χ1) is 10.6. The lowest BCUT2D eigenvalue weighted by Gasteiger charge is -1.96. The Labute approximate surface area is 135 Å². The van der Waals surface area contributed by atoms with Crippen LogP contribution in [0.1, 0.15) is 5.56 Å². The Bertz CT molecular complexity index is 858. The molecule has 1 amide bonds. The van der Waals surface area contributed by atoms with E-state index in [0.717, 1.165) is 5.56 Å². The minimum atomic E-state index is -0.397. The monoisotopic (exact) mass is 332 g/mol. The minimum Gasteiger partial charge on any atom is -0.298 e. The summed E-state index contributed by atoms with van der Waals surface area (Å²) in [4.78, 5) is 15.9. The van der Waals surface area contributed by atoms with E-state index in [-0.39, 0.29) is 11.4 Å². The zero-order chi connectivity index (χ0) is 15.5. The van der Waals surface area contributed by atoms with Crippen molar-refractivity contribution < 1.29 is 9.18 Å². The number of carbonyl (C=O) groups is 1. The van der Waals surface area contributed by atoms with E-state index < -0.39 is 5.82 Å². The summed E-state index contributed by atoms with van der Waals surface area (Å²) in [7, 11) is 0. The first-order valence-corrected chi connectivity index (χ1v) is 7.61. The highest BCUT2D eigenvalue weighted by Gasteiger charge is 2.08. The molecule has 2 aromatic carbocycles. The molecule has 0 aliphatic carbocycles. The van der Waals surface area contributed by atoms with E-state index in [1.807, 2.05) is 0 Å². The number of anilines is 1. The van der Waals surface area contributed by atoms with Gasteiger partial charge in [-0.3, -0.25) is 10.1 Å². The van der Waals surface area contributed by atoms with E-state index >= 15 is 0 Å². The number of aromatic nitrogens is 1. The van der Waals surface area contributed by atoms with Gasteiger partial charge >= 0.3 is 0 Å². The molecule has 3 aromatic rings. The number of thiazole rings is 1. The molecule has 0 unspecified atom stereocenters. The molecule has 0 fully saturated rings. The van der Waals surface area contributed by atoms with E-state index in [2.05, 4.69) is 10.3 Å². The van der Waals surface area contributed by atoms with Crippen molar-refractivity contribution in [2.75, 3.05) is 5.32 Å². The zero-order valence-corrected chi connectivity index (χ0v) is 12.8. The summed E-state index contributed by atoms with van der Waals surface area (Å²) in [5, 5.41) is 3.63. The predicted octanol–water partition coefficient (Wildman–Crippen LogP) is 4.74. The van der Waals surface area contributed by atoms with Crippen molar-refractivity contribution in [3.63, 3.8) is 0 Å². The number of nitrogens with one attached hydrogen (secondary N) is 1. The number of nitrogens with zero attached hydrogens (tertiary/aromatic N) is 1. The van der Waals surface area contributed by atoms with Crippen LogP contribution in [0.3, 0.4) is 0 Å². The maximum Gasteiger partial charge on any atom is 0.250 e. The van der Waals surface area contributed by atoms with Gasteiger partial charge < -0.3 is 0 Å². The molecule has 0 aliphatic rings. The first kappa shape index (κ1) is 14.7. The highest BCUT2D eigenvalue weighted by molar-refractivity contribution is 7.22. The van der Waals surface area contributed by atoms with Crippen LogP contribution in [0.15, 0.2) is 48.5 Å². The quantitative estimate of drug-likeness (QED) is 0.704. The lowest BCUT2D eigenvalue weighted by atomic mass is 10.2. The van der Waals surface area contributed by atoms with Crippen molar-refractivity contribution >= 4 is 50.3 Å². The van der Waals surface area contributed by atoms with Gasteiger partial charge in [0.2, 0.25) is 5.91 Å². The number of hydrogen-bond acceptors (Lipinski definition) is 3. The molecule has 1 N–H and O–H groups in total. The van der Waals surface area contributed by atoms with Crippen molar-refractivity contribution in [1.82, 2.24) is 4.98 Å². The zero-order valence-electron chi connectivity index (χ0n) is 11.2. The molecule has 22 heavy (non-hydrogen) atoms. The second-order valence-corrected chi connectivity index (χ2v) is 5.95. The standard InChI is InChI=1S/C16H10ClFN2OS/c17-11-7-4-10(5-8-11)6-9-14(21)19-16-20-15-12(18)2-1-3-13(15)22-16/h1-9H,(H,19,20,21)/b9-6+. The molecule has 0 saturated carbocycles. The van der Waals surface area contributed by atoms with Crippen LogP contribution >= 0.6 is 22.9 Å². The molecule has 0 saturated heterocycles. The SMILES string of the molecule is O=C(/C=C/c1ccc(Cl)cc1)Nc1nc2c(F)cccc2s1. The Morgan fingerprint density at radius 1 is 1.23 bits per heavy atom. The molecule has 0 aliphatic heterocycles. The van der Waals surface area contributed by atoms with Gasteiger partial charge in [-0.15, -0.1) is 0 Å². The molecule has 3 nitrogen and oxygen atoms in total. The maximum atomic E-state index is 13.5. The van der Waals surface area contributed by atoms with Crippen LogP contribution in [-0.4, -0.2) is 10.9 Å². The third-order valence-electron chi connectivity index (χ3n) is 2.90. The van der Waals surface area contributed by atoms with Gasteiger partial charge in [0.05, 0.1) is 4.70 Å². The lowest BCUT2D eigenvalue weighted by molar-refractivity contribution is -0.111. The van der Waals surface area contributed by atoms with E-state index in [4.69, 9.17) is 11.6 Å². The van der Waals surface area contributed by atoms with Crippen molar-refractivity contribution in [2.24, 2.45) is 0 Å². The van der Waals surface area contributed by atoms with Gasteiger partial charge in [0.25, 0.3) is 0 Å². The Balaban J connectivity index is 1.72. The fourth-order valence-electron chi connectivity index (χ4n) is 1.86. The van der Waals surface area contributed by atoms with Crippen LogP contribution in [0.2, 0.25) is 5.02 Å². The van der Waals surface area contributed by atoms with Crippen molar-refractivity contribution in [3.8, 4) is 0 Å². The Morgan fingerprint density at radius 2 is 2.00 bits per heavy atom.